The average Bonchev–Trinajstić information content (AvgIpc) is 2.45. The second-order valence-corrected chi connectivity index (χ2v) is 4.48. The van der Waals surface area contributed by atoms with Crippen LogP contribution in [0.15, 0.2) is 54.6 Å². The van der Waals surface area contributed by atoms with Crippen LogP contribution in [0.1, 0.15) is 21.5 Å². The Bertz CT molecular complexity index is 606. The summed E-state index contributed by atoms with van der Waals surface area (Å²) in [4.78, 5) is 11.6. The zero-order chi connectivity index (χ0) is 15.3. The van der Waals surface area contributed by atoms with Gasteiger partial charge in [0.05, 0.1) is 5.56 Å². The van der Waals surface area contributed by atoms with Crippen LogP contribution in [0.25, 0.3) is 0 Å². The van der Waals surface area contributed by atoms with E-state index in [-0.39, 0.29) is 5.56 Å². The normalized spacial score (nSPS) is 11.2. The molecule has 2 rings (SSSR count). The molecule has 0 unspecified atom stereocenters. The molecular weight excluding hydrogens is 281 g/mol. The fraction of sp³-hybridized carbons (Fsp3) is 0.188. The number of halogens is 3. The van der Waals surface area contributed by atoms with E-state index in [2.05, 4.69) is 4.74 Å². The van der Waals surface area contributed by atoms with Crippen LogP contribution in [0.2, 0.25) is 0 Å². The molecule has 0 atom stereocenters. The van der Waals surface area contributed by atoms with Gasteiger partial charge in [-0.05, 0) is 30.0 Å². The van der Waals surface area contributed by atoms with Crippen molar-refractivity contribution in [3.8, 4) is 0 Å². The Hall–Kier alpha value is -2.30. The molecule has 5 heteroatoms. The number of hydrogen-bond donors (Lipinski definition) is 0. The van der Waals surface area contributed by atoms with E-state index in [1.807, 2.05) is 30.3 Å². The number of carbonyl (C=O) groups excluding carboxylic acids is 1. The fourth-order valence-corrected chi connectivity index (χ4v) is 2.02. The van der Waals surface area contributed by atoms with Gasteiger partial charge in [0, 0.05) is 0 Å². The number of benzene rings is 2. The molecule has 0 saturated heterocycles. The molecule has 2 aromatic rings. The third-order valence-corrected chi connectivity index (χ3v) is 2.97. The van der Waals surface area contributed by atoms with Crippen molar-refractivity contribution in [1.82, 2.24) is 0 Å². The van der Waals surface area contributed by atoms with Gasteiger partial charge in [-0.2, -0.15) is 0 Å². The van der Waals surface area contributed by atoms with E-state index in [0.29, 0.717) is 18.4 Å². The van der Waals surface area contributed by atoms with Crippen LogP contribution in [-0.2, 0) is 17.6 Å². The van der Waals surface area contributed by atoms with Crippen molar-refractivity contribution in [2.45, 2.75) is 19.2 Å². The van der Waals surface area contributed by atoms with Crippen molar-refractivity contribution < 1.29 is 22.7 Å². The Morgan fingerprint density at radius 3 is 2.19 bits per heavy atom. The van der Waals surface area contributed by atoms with Crippen LogP contribution < -0.4 is 0 Å². The maximum Gasteiger partial charge on any atom is 0.575 e. The van der Waals surface area contributed by atoms with E-state index in [4.69, 9.17) is 0 Å². The topological polar surface area (TPSA) is 26.3 Å². The van der Waals surface area contributed by atoms with Crippen LogP contribution >= 0.6 is 0 Å². The first-order chi connectivity index (χ1) is 9.96. The van der Waals surface area contributed by atoms with Gasteiger partial charge >= 0.3 is 12.3 Å². The first-order valence-corrected chi connectivity index (χ1v) is 6.37. The summed E-state index contributed by atoms with van der Waals surface area (Å²) in [6.07, 6.45) is -3.87. The molecule has 2 nitrogen and oxygen atoms in total. The van der Waals surface area contributed by atoms with Crippen LogP contribution in [0, 0.1) is 0 Å². The van der Waals surface area contributed by atoms with Gasteiger partial charge in [-0.3, -0.25) is 0 Å². The molecule has 0 N–H and O–H groups in total. The second kappa shape index (κ2) is 6.43. The lowest BCUT2D eigenvalue weighted by Crippen LogP contribution is -2.20. The molecule has 0 saturated carbocycles. The SMILES string of the molecule is O=C(OC(F)(F)F)c1ccccc1CCc1ccccc1. The molecule has 0 heterocycles. The molecule has 0 spiro atoms. The van der Waals surface area contributed by atoms with Gasteiger partial charge in [0.15, 0.2) is 0 Å². The van der Waals surface area contributed by atoms with Crippen molar-refractivity contribution >= 4 is 5.97 Å². The Kier molecular flexibility index (Phi) is 4.62. The molecule has 21 heavy (non-hydrogen) atoms. The van der Waals surface area contributed by atoms with Crippen LogP contribution in [0.4, 0.5) is 13.2 Å². The number of aryl methyl sites for hydroxylation is 2. The number of ether oxygens (including phenoxy) is 1. The molecule has 0 aliphatic rings. The van der Waals surface area contributed by atoms with Gasteiger partial charge in [-0.25, -0.2) is 4.79 Å². The first-order valence-electron chi connectivity index (χ1n) is 6.37. The molecule has 0 aliphatic heterocycles. The molecule has 0 bridgehead atoms. The second-order valence-electron chi connectivity index (χ2n) is 4.48. The molecule has 2 aromatic carbocycles. The quantitative estimate of drug-likeness (QED) is 0.792. The first kappa shape index (κ1) is 15.1. The summed E-state index contributed by atoms with van der Waals surface area (Å²) in [5, 5.41) is 0. The highest BCUT2D eigenvalue weighted by atomic mass is 19.4. The average molecular weight is 294 g/mol. The monoisotopic (exact) mass is 294 g/mol. The molecule has 110 valence electrons. The van der Waals surface area contributed by atoms with Gasteiger partial charge in [0.25, 0.3) is 0 Å². The summed E-state index contributed by atoms with van der Waals surface area (Å²) in [7, 11) is 0. The Balaban J connectivity index is 2.12. The van der Waals surface area contributed by atoms with Crippen LogP contribution in [0.3, 0.4) is 0 Å². The van der Waals surface area contributed by atoms with E-state index in [9.17, 15) is 18.0 Å². The highest BCUT2D eigenvalue weighted by Crippen LogP contribution is 2.21. The van der Waals surface area contributed by atoms with Crippen LogP contribution in [-0.4, -0.2) is 12.3 Å². The van der Waals surface area contributed by atoms with Gasteiger partial charge < -0.3 is 4.74 Å². The Morgan fingerprint density at radius 2 is 1.52 bits per heavy atom. The zero-order valence-corrected chi connectivity index (χ0v) is 11.1. The highest BCUT2D eigenvalue weighted by molar-refractivity contribution is 5.91. The molecule has 0 fully saturated rings. The number of carbonyl (C=O) groups is 1. The number of hydrogen-bond acceptors (Lipinski definition) is 2. The third kappa shape index (κ3) is 4.63. The predicted octanol–water partition coefficient (Wildman–Crippen LogP) is 4.15. The Morgan fingerprint density at radius 1 is 0.905 bits per heavy atom. The number of alkyl halides is 3. The Labute approximate surface area is 120 Å². The van der Waals surface area contributed by atoms with E-state index in [1.165, 1.54) is 12.1 Å². The van der Waals surface area contributed by atoms with E-state index in [0.717, 1.165) is 5.56 Å². The van der Waals surface area contributed by atoms with Crippen molar-refractivity contribution in [2.24, 2.45) is 0 Å². The maximum absolute atomic E-state index is 12.1. The van der Waals surface area contributed by atoms with Gasteiger partial charge in [0.2, 0.25) is 0 Å². The minimum absolute atomic E-state index is 0.0502. The summed E-state index contributed by atoms with van der Waals surface area (Å²) in [6.45, 7) is 0. The number of esters is 1. The van der Waals surface area contributed by atoms with Crippen LogP contribution in [0.5, 0.6) is 0 Å². The van der Waals surface area contributed by atoms with Gasteiger partial charge in [0.1, 0.15) is 0 Å². The minimum atomic E-state index is -4.97. The zero-order valence-electron chi connectivity index (χ0n) is 11.1. The summed E-state index contributed by atoms with van der Waals surface area (Å²) >= 11 is 0. The lowest BCUT2D eigenvalue weighted by molar-refractivity contribution is -0.291. The lowest BCUT2D eigenvalue weighted by atomic mass is 10.00. The maximum atomic E-state index is 12.1. The van der Waals surface area contributed by atoms with E-state index >= 15 is 0 Å². The molecular formula is C16H13F3O2. The summed E-state index contributed by atoms with van der Waals surface area (Å²) in [6, 6.07) is 15.7. The molecule has 0 aromatic heterocycles. The van der Waals surface area contributed by atoms with Gasteiger partial charge in [-0.15, -0.1) is 13.2 Å². The molecule has 0 aliphatic carbocycles. The molecule has 0 amide bonds. The summed E-state index contributed by atoms with van der Waals surface area (Å²) < 4.78 is 39.9. The summed E-state index contributed by atoms with van der Waals surface area (Å²) in [5.41, 5.74) is 1.54. The van der Waals surface area contributed by atoms with Crippen molar-refractivity contribution in [3.63, 3.8) is 0 Å². The standard InChI is InChI=1S/C16H13F3O2/c17-16(18,19)21-15(20)14-9-5-4-8-13(14)11-10-12-6-2-1-3-7-12/h1-9H,10-11H2. The third-order valence-electron chi connectivity index (χ3n) is 2.97. The minimum Gasteiger partial charge on any atom is -0.369 e. The largest absolute Gasteiger partial charge is 0.575 e. The molecule has 0 radical (unpaired) electrons. The number of rotatable bonds is 4. The predicted molar refractivity (Wildman–Crippen MR) is 71.8 cm³/mol. The highest BCUT2D eigenvalue weighted by Gasteiger charge is 2.34. The fourth-order valence-electron chi connectivity index (χ4n) is 2.02. The smallest absolute Gasteiger partial charge is 0.369 e. The van der Waals surface area contributed by atoms with E-state index in [1.54, 1.807) is 12.1 Å². The van der Waals surface area contributed by atoms with Crippen molar-refractivity contribution in [2.75, 3.05) is 0 Å². The van der Waals surface area contributed by atoms with E-state index < -0.39 is 12.3 Å². The van der Waals surface area contributed by atoms with Crippen molar-refractivity contribution in [3.05, 3.63) is 71.3 Å². The van der Waals surface area contributed by atoms with Crippen molar-refractivity contribution in [1.29, 1.82) is 0 Å². The summed E-state index contributed by atoms with van der Waals surface area (Å²) in [5.74, 6) is -1.37. The van der Waals surface area contributed by atoms with Gasteiger partial charge in [-0.1, -0.05) is 48.5 Å². The lowest BCUT2D eigenvalue weighted by Gasteiger charge is -2.11.